The first-order valence-electron chi connectivity index (χ1n) is 7.35. The summed E-state index contributed by atoms with van der Waals surface area (Å²) in [6.45, 7) is 2.93. The topological polar surface area (TPSA) is 12.0 Å². The van der Waals surface area contributed by atoms with Crippen molar-refractivity contribution >= 4 is 0 Å². The van der Waals surface area contributed by atoms with Gasteiger partial charge in [0.15, 0.2) is 11.6 Å². The van der Waals surface area contributed by atoms with Crippen LogP contribution in [0.4, 0.5) is 8.78 Å². The van der Waals surface area contributed by atoms with Gasteiger partial charge >= 0.3 is 0 Å². The Bertz CT molecular complexity index is 400. The zero-order valence-electron chi connectivity index (χ0n) is 11.6. The van der Waals surface area contributed by atoms with Crippen molar-refractivity contribution in [3.8, 4) is 0 Å². The molecule has 1 fully saturated rings. The van der Waals surface area contributed by atoms with Gasteiger partial charge in [-0.1, -0.05) is 31.7 Å². The van der Waals surface area contributed by atoms with Gasteiger partial charge in [0.2, 0.25) is 0 Å². The molecule has 1 aromatic rings. The zero-order valence-corrected chi connectivity index (χ0v) is 11.6. The average molecular weight is 267 g/mol. The molecule has 106 valence electrons. The molecule has 2 rings (SSSR count). The fourth-order valence-electron chi connectivity index (χ4n) is 2.91. The van der Waals surface area contributed by atoms with E-state index in [9.17, 15) is 8.78 Å². The largest absolute Gasteiger partial charge is 0.310 e. The molecule has 1 atom stereocenters. The highest BCUT2D eigenvalue weighted by Crippen LogP contribution is 2.28. The highest BCUT2D eigenvalue weighted by Gasteiger charge is 2.14. The first-order valence-corrected chi connectivity index (χ1v) is 7.35. The van der Waals surface area contributed by atoms with E-state index in [2.05, 4.69) is 5.32 Å². The van der Waals surface area contributed by atoms with Crippen molar-refractivity contribution in [2.45, 2.75) is 51.5 Å². The van der Waals surface area contributed by atoms with Crippen molar-refractivity contribution < 1.29 is 8.78 Å². The lowest BCUT2D eigenvalue weighted by atomic mass is 10.0. The van der Waals surface area contributed by atoms with Crippen LogP contribution in [0.25, 0.3) is 0 Å². The van der Waals surface area contributed by atoms with Crippen LogP contribution in [0.5, 0.6) is 0 Å². The maximum absolute atomic E-state index is 13.1. The molecule has 1 N–H and O–H groups in total. The van der Waals surface area contributed by atoms with E-state index in [1.165, 1.54) is 50.7 Å². The van der Waals surface area contributed by atoms with Crippen LogP contribution in [0.3, 0.4) is 0 Å². The van der Waals surface area contributed by atoms with Crippen LogP contribution in [0.1, 0.15) is 57.1 Å². The van der Waals surface area contributed by atoms with Crippen LogP contribution in [-0.2, 0) is 0 Å². The summed E-state index contributed by atoms with van der Waals surface area (Å²) in [4.78, 5) is 0. The standard InChI is InChI=1S/C16H23F2N/c1-12(14-8-9-15(17)16(18)11-14)19-10-4-7-13-5-2-3-6-13/h8-9,11-13,19H,2-7,10H2,1H3. The van der Waals surface area contributed by atoms with Crippen molar-refractivity contribution in [1.82, 2.24) is 5.32 Å². The Balaban J connectivity index is 1.71. The molecule has 0 amide bonds. The van der Waals surface area contributed by atoms with Crippen LogP contribution >= 0.6 is 0 Å². The fraction of sp³-hybridized carbons (Fsp3) is 0.625. The summed E-state index contributed by atoms with van der Waals surface area (Å²) in [6, 6.07) is 4.19. The molecule has 1 aliphatic rings. The second-order valence-corrected chi connectivity index (χ2v) is 5.64. The number of benzene rings is 1. The summed E-state index contributed by atoms with van der Waals surface area (Å²) in [5.41, 5.74) is 0.805. The molecule has 1 saturated carbocycles. The van der Waals surface area contributed by atoms with E-state index >= 15 is 0 Å². The Morgan fingerprint density at radius 2 is 1.95 bits per heavy atom. The van der Waals surface area contributed by atoms with Gasteiger partial charge in [0, 0.05) is 6.04 Å². The average Bonchev–Trinajstić information content (AvgIpc) is 2.91. The molecule has 0 aromatic heterocycles. The molecule has 19 heavy (non-hydrogen) atoms. The number of rotatable bonds is 6. The number of halogens is 2. The van der Waals surface area contributed by atoms with Crippen molar-refractivity contribution in [3.63, 3.8) is 0 Å². The van der Waals surface area contributed by atoms with Crippen molar-refractivity contribution in [2.75, 3.05) is 6.54 Å². The molecule has 0 spiro atoms. The maximum Gasteiger partial charge on any atom is 0.159 e. The summed E-state index contributed by atoms with van der Waals surface area (Å²) < 4.78 is 26.0. The zero-order chi connectivity index (χ0) is 13.7. The van der Waals surface area contributed by atoms with Gasteiger partial charge in [0.1, 0.15) is 0 Å². The first-order chi connectivity index (χ1) is 9.16. The summed E-state index contributed by atoms with van der Waals surface area (Å²) in [5, 5.41) is 3.38. The predicted octanol–water partition coefficient (Wildman–Crippen LogP) is 4.59. The van der Waals surface area contributed by atoms with Gasteiger partial charge in [-0.05, 0) is 49.9 Å². The molecule has 3 heteroatoms. The Kier molecular flexibility index (Phi) is 5.32. The monoisotopic (exact) mass is 267 g/mol. The minimum atomic E-state index is -0.780. The summed E-state index contributed by atoms with van der Waals surface area (Å²) in [7, 11) is 0. The molecule has 0 aliphatic heterocycles. The third kappa shape index (κ3) is 4.27. The van der Waals surface area contributed by atoms with E-state index in [0.717, 1.165) is 18.0 Å². The first kappa shape index (κ1) is 14.4. The molecular formula is C16H23F2N. The number of hydrogen-bond donors (Lipinski definition) is 1. The Morgan fingerprint density at radius 1 is 1.21 bits per heavy atom. The van der Waals surface area contributed by atoms with Crippen LogP contribution in [0, 0.1) is 17.6 Å². The van der Waals surface area contributed by atoms with Gasteiger partial charge < -0.3 is 5.32 Å². The molecule has 1 unspecified atom stereocenters. The minimum absolute atomic E-state index is 0.0682. The van der Waals surface area contributed by atoms with Crippen molar-refractivity contribution in [2.24, 2.45) is 5.92 Å². The molecule has 0 saturated heterocycles. The third-order valence-electron chi connectivity index (χ3n) is 4.16. The third-order valence-corrected chi connectivity index (χ3v) is 4.16. The predicted molar refractivity (Wildman–Crippen MR) is 74.0 cm³/mol. The second-order valence-electron chi connectivity index (χ2n) is 5.64. The van der Waals surface area contributed by atoms with E-state index in [-0.39, 0.29) is 6.04 Å². The summed E-state index contributed by atoms with van der Waals surface area (Å²) in [6.07, 6.45) is 8.01. The summed E-state index contributed by atoms with van der Waals surface area (Å²) in [5.74, 6) is -0.630. The van der Waals surface area contributed by atoms with E-state index < -0.39 is 11.6 Å². The Morgan fingerprint density at radius 3 is 2.63 bits per heavy atom. The van der Waals surface area contributed by atoms with Gasteiger partial charge in [0.25, 0.3) is 0 Å². The van der Waals surface area contributed by atoms with Gasteiger partial charge in [-0.3, -0.25) is 0 Å². The van der Waals surface area contributed by atoms with Gasteiger partial charge in [-0.25, -0.2) is 8.78 Å². The highest BCUT2D eigenvalue weighted by atomic mass is 19.2. The molecule has 1 nitrogen and oxygen atoms in total. The Labute approximate surface area is 114 Å². The van der Waals surface area contributed by atoms with Crippen LogP contribution in [0.2, 0.25) is 0 Å². The summed E-state index contributed by atoms with van der Waals surface area (Å²) >= 11 is 0. The number of hydrogen-bond acceptors (Lipinski definition) is 1. The maximum atomic E-state index is 13.1. The van der Waals surface area contributed by atoms with E-state index in [0.29, 0.717) is 0 Å². The molecule has 0 heterocycles. The Hall–Kier alpha value is -0.960. The normalized spacial score (nSPS) is 17.8. The van der Waals surface area contributed by atoms with E-state index in [1.807, 2.05) is 6.92 Å². The van der Waals surface area contributed by atoms with Crippen LogP contribution in [-0.4, -0.2) is 6.54 Å². The lowest BCUT2D eigenvalue weighted by Gasteiger charge is -2.15. The van der Waals surface area contributed by atoms with Gasteiger partial charge in [-0.2, -0.15) is 0 Å². The van der Waals surface area contributed by atoms with Gasteiger partial charge in [-0.15, -0.1) is 0 Å². The molecular weight excluding hydrogens is 244 g/mol. The minimum Gasteiger partial charge on any atom is -0.310 e. The molecule has 1 aliphatic carbocycles. The lowest BCUT2D eigenvalue weighted by molar-refractivity contribution is 0.454. The van der Waals surface area contributed by atoms with Gasteiger partial charge in [0.05, 0.1) is 0 Å². The van der Waals surface area contributed by atoms with E-state index in [4.69, 9.17) is 0 Å². The molecule has 0 bridgehead atoms. The second kappa shape index (κ2) is 6.99. The van der Waals surface area contributed by atoms with Crippen LogP contribution in [0.15, 0.2) is 18.2 Å². The van der Waals surface area contributed by atoms with Crippen molar-refractivity contribution in [3.05, 3.63) is 35.4 Å². The highest BCUT2D eigenvalue weighted by molar-refractivity contribution is 5.20. The number of nitrogens with one attached hydrogen (secondary N) is 1. The van der Waals surface area contributed by atoms with Crippen molar-refractivity contribution in [1.29, 1.82) is 0 Å². The molecule has 1 aromatic carbocycles. The fourth-order valence-corrected chi connectivity index (χ4v) is 2.91. The SMILES string of the molecule is CC(NCCCC1CCCC1)c1ccc(F)c(F)c1. The van der Waals surface area contributed by atoms with Crippen LogP contribution < -0.4 is 5.32 Å². The lowest BCUT2D eigenvalue weighted by Crippen LogP contribution is -2.20. The quantitative estimate of drug-likeness (QED) is 0.744. The molecule has 0 radical (unpaired) electrons. The van der Waals surface area contributed by atoms with E-state index in [1.54, 1.807) is 6.07 Å². The smallest absolute Gasteiger partial charge is 0.159 e.